The van der Waals surface area contributed by atoms with E-state index in [-0.39, 0.29) is 26.4 Å². The number of nitrogens with one attached hydrogen (secondary N) is 1. The number of rotatable bonds is 14. The summed E-state index contributed by atoms with van der Waals surface area (Å²) in [7, 11) is 0. The minimum absolute atomic E-state index is 0. The van der Waals surface area contributed by atoms with Crippen LogP contribution in [0.4, 0.5) is 0 Å². The molecule has 0 radical (unpaired) electrons. The molecule has 3 aromatic rings. The Kier molecular flexibility index (Phi) is 14.7. The quantitative estimate of drug-likeness (QED) is 0.218. The Hall–Kier alpha value is -2.20. The van der Waals surface area contributed by atoms with Gasteiger partial charge >= 0.3 is 24.8 Å². The average Bonchev–Trinajstić information content (AvgIpc) is 2.99. The van der Waals surface area contributed by atoms with Gasteiger partial charge in [-0.2, -0.15) is 11.8 Å². The van der Waals surface area contributed by atoms with Gasteiger partial charge in [-0.25, -0.2) is 4.79 Å². The van der Waals surface area contributed by atoms with E-state index in [1.54, 1.807) is 17.8 Å². The molecule has 4 rings (SSSR count). The Balaban J connectivity index is 0.00000337. The summed E-state index contributed by atoms with van der Waals surface area (Å²) >= 11 is 7.91. The number of amides is 1. The first kappa shape index (κ1) is 35.3. The van der Waals surface area contributed by atoms with Crippen LogP contribution in [0.3, 0.4) is 0 Å². The van der Waals surface area contributed by atoms with Crippen molar-refractivity contribution < 1.29 is 39.7 Å². The van der Waals surface area contributed by atoms with Gasteiger partial charge in [0.1, 0.15) is 6.04 Å². The van der Waals surface area contributed by atoms with Gasteiger partial charge in [-0.3, -0.25) is 4.79 Å². The monoisotopic (exact) mass is 615 g/mol. The first-order valence-corrected chi connectivity index (χ1v) is 16.7. The van der Waals surface area contributed by atoms with E-state index in [1.807, 2.05) is 67.8 Å². The van der Waals surface area contributed by atoms with Gasteiger partial charge < -0.3 is 16.6 Å². The smallest absolute Gasteiger partial charge is 1.00 e. The molecule has 2 N–H and O–H groups in total. The van der Waals surface area contributed by atoms with Crippen LogP contribution in [0.1, 0.15) is 85.9 Å². The third-order valence-corrected chi connectivity index (χ3v) is 9.09. The van der Waals surface area contributed by atoms with Gasteiger partial charge in [-0.05, 0) is 96.2 Å². The minimum Gasteiger partial charge on any atom is -1.00 e. The van der Waals surface area contributed by atoms with E-state index in [9.17, 15) is 14.7 Å². The van der Waals surface area contributed by atoms with Crippen LogP contribution >= 0.6 is 23.4 Å². The fraction of sp³-hybridized carbons (Fsp3) is 0.429. The number of halogens is 1. The molecule has 1 aliphatic carbocycles. The van der Waals surface area contributed by atoms with Crippen LogP contribution in [-0.2, 0) is 16.1 Å². The van der Waals surface area contributed by atoms with E-state index in [4.69, 9.17) is 16.3 Å². The maximum Gasteiger partial charge on any atom is 1.00 e. The van der Waals surface area contributed by atoms with Gasteiger partial charge in [0.05, 0.1) is 12.7 Å². The first-order valence-electron chi connectivity index (χ1n) is 14.9. The SMILES string of the molecule is CSCC[C@H](NC(=O)c1ccc(COC(CCC2CCCCC2)c2cccc(Cl)c2)cc1-c1ccccc1C)C(=O)O.[H-].[Li+]. The Morgan fingerprint density at radius 3 is 2.49 bits per heavy atom. The average molecular weight is 616 g/mol. The number of benzene rings is 3. The molecule has 43 heavy (non-hydrogen) atoms. The van der Waals surface area contributed by atoms with Crippen LogP contribution < -0.4 is 24.2 Å². The topological polar surface area (TPSA) is 75.6 Å². The summed E-state index contributed by atoms with van der Waals surface area (Å²) < 4.78 is 6.58. The molecule has 1 aliphatic rings. The van der Waals surface area contributed by atoms with Gasteiger partial charge in [-0.1, -0.05) is 86.2 Å². The maximum absolute atomic E-state index is 13.4. The molecular formula is C35H43ClLiNO4S. The van der Waals surface area contributed by atoms with E-state index >= 15 is 0 Å². The third-order valence-electron chi connectivity index (χ3n) is 8.21. The van der Waals surface area contributed by atoms with Gasteiger partial charge in [0.2, 0.25) is 0 Å². The van der Waals surface area contributed by atoms with Crippen molar-refractivity contribution in [2.75, 3.05) is 12.0 Å². The maximum atomic E-state index is 13.4. The molecule has 3 aromatic carbocycles. The summed E-state index contributed by atoms with van der Waals surface area (Å²) in [5.74, 6) is -0.0223. The standard InChI is InChI=1S/C35H42ClNO4S.Li.H/c1-24-9-6-7-14-29(24)31-21-26(15-17-30(31)34(38)37-32(35(39)40)19-20-42-2)23-41-33(27-12-8-13-28(36)22-27)18-16-25-10-4-3-5-11-25;;/h6-9,12-15,17,21-22,25,32-33H,3-5,10-11,16,18-20,23H2,1-2H3,(H,37,38)(H,39,40);;/q;+1;-1/t32-,33?;;/m0../s1. The van der Waals surface area contributed by atoms with Crippen LogP contribution in [0.15, 0.2) is 66.7 Å². The summed E-state index contributed by atoms with van der Waals surface area (Å²) in [5, 5.41) is 13.1. The van der Waals surface area contributed by atoms with Gasteiger partial charge in [0, 0.05) is 10.6 Å². The number of aryl methyl sites for hydroxylation is 1. The fourth-order valence-corrected chi connectivity index (χ4v) is 6.49. The van der Waals surface area contributed by atoms with Crippen LogP contribution in [0, 0.1) is 12.8 Å². The van der Waals surface area contributed by atoms with Crippen molar-refractivity contribution in [1.82, 2.24) is 5.32 Å². The molecule has 1 unspecified atom stereocenters. The van der Waals surface area contributed by atoms with Gasteiger partial charge in [-0.15, -0.1) is 0 Å². The number of carbonyl (C=O) groups is 2. The number of hydrogen-bond donors (Lipinski definition) is 2. The van der Waals surface area contributed by atoms with Crippen molar-refractivity contribution in [3.05, 3.63) is 94.0 Å². The Morgan fingerprint density at radius 1 is 1.02 bits per heavy atom. The minimum atomic E-state index is -1.03. The zero-order valence-electron chi connectivity index (χ0n) is 26.6. The molecule has 1 saturated carbocycles. The molecule has 0 saturated heterocycles. The molecule has 0 bridgehead atoms. The van der Waals surface area contributed by atoms with E-state index in [0.29, 0.717) is 29.4 Å². The largest absolute Gasteiger partial charge is 1.00 e. The molecule has 8 heteroatoms. The second kappa shape index (κ2) is 17.9. The molecule has 5 nitrogen and oxygen atoms in total. The molecule has 226 valence electrons. The van der Waals surface area contributed by atoms with Crippen LogP contribution in [0.5, 0.6) is 0 Å². The van der Waals surface area contributed by atoms with Crippen molar-refractivity contribution in [2.45, 2.75) is 77.0 Å². The number of carboxylic acid groups (broad SMARTS) is 1. The molecule has 1 fully saturated rings. The molecule has 0 aliphatic heterocycles. The summed E-state index contributed by atoms with van der Waals surface area (Å²) in [6.07, 6.45) is 10.8. The summed E-state index contributed by atoms with van der Waals surface area (Å²) in [5.41, 5.74) is 5.22. The Labute approximate surface area is 279 Å². The number of carboxylic acids is 1. The predicted molar refractivity (Wildman–Crippen MR) is 174 cm³/mol. The van der Waals surface area contributed by atoms with E-state index in [0.717, 1.165) is 46.6 Å². The van der Waals surface area contributed by atoms with Crippen molar-refractivity contribution in [1.29, 1.82) is 0 Å². The van der Waals surface area contributed by atoms with Crippen molar-refractivity contribution in [2.24, 2.45) is 5.92 Å². The Morgan fingerprint density at radius 2 is 1.79 bits per heavy atom. The number of carbonyl (C=O) groups excluding carboxylic acids is 1. The summed E-state index contributed by atoms with van der Waals surface area (Å²) in [4.78, 5) is 25.3. The van der Waals surface area contributed by atoms with Crippen LogP contribution in [0.2, 0.25) is 5.02 Å². The number of hydrogen-bond acceptors (Lipinski definition) is 4. The van der Waals surface area contributed by atoms with Gasteiger partial charge in [0.15, 0.2) is 0 Å². The molecule has 0 heterocycles. The van der Waals surface area contributed by atoms with Crippen molar-refractivity contribution in [3.8, 4) is 11.1 Å². The summed E-state index contributed by atoms with van der Waals surface area (Å²) in [6.45, 7) is 2.40. The Bertz CT molecular complexity index is 1350. The second-order valence-corrected chi connectivity index (χ2v) is 12.7. The number of thioether (sulfide) groups is 1. The van der Waals surface area contributed by atoms with Crippen LogP contribution in [0.25, 0.3) is 11.1 Å². The fourth-order valence-electron chi connectivity index (χ4n) is 5.82. The molecule has 0 spiro atoms. The molecule has 1 amide bonds. The zero-order chi connectivity index (χ0) is 29.9. The zero-order valence-corrected chi connectivity index (χ0v) is 27.2. The van der Waals surface area contributed by atoms with E-state index < -0.39 is 17.9 Å². The van der Waals surface area contributed by atoms with E-state index in [1.165, 1.54) is 32.1 Å². The molecule has 0 aromatic heterocycles. The normalized spacial score (nSPS) is 14.9. The van der Waals surface area contributed by atoms with Crippen molar-refractivity contribution >= 4 is 35.2 Å². The van der Waals surface area contributed by atoms with Crippen molar-refractivity contribution in [3.63, 3.8) is 0 Å². The number of ether oxygens (including phenoxy) is 1. The van der Waals surface area contributed by atoms with Crippen LogP contribution in [-0.4, -0.2) is 35.0 Å². The third kappa shape index (κ3) is 10.4. The van der Waals surface area contributed by atoms with Gasteiger partial charge in [0.25, 0.3) is 5.91 Å². The molecular weight excluding hydrogens is 573 g/mol. The molecule has 2 atom stereocenters. The second-order valence-electron chi connectivity index (χ2n) is 11.3. The summed E-state index contributed by atoms with van der Waals surface area (Å²) in [6, 6.07) is 20.6. The first-order chi connectivity index (χ1) is 20.4. The number of aliphatic carboxylic acids is 1. The predicted octanol–water partition coefficient (Wildman–Crippen LogP) is 5.99. The van der Waals surface area contributed by atoms with E-state index in [2.05, 4.69) is 11.4 Å².